The zero-order valence-corrected chi connectivity index (χ0v) is 15.4. The Balaban J connectivity index is 1.73. The normalized spacial score (nSPS) is 12.0. The van der Waals surface area contributed by atoms with Gasteiger partial charge in [-0.05, 0) is 47.7 Å². The Morgan fingerprint density at radius 1 is 1.20 bits per heavy atom. The van der Waals surface area contributed by atoms with Gasteiger partial charge in [-0.2, -0.15) is 4.68 Å². The fourth-order valence-corrected chi connectivity index (χ4v) is 3.17. The highest BCUT2D eigenvalue weighted by atomic mass is 35.5. The highest BCUT2D eigenvalue weighted by molar-refractivity contribution is 8.00. The maximum Gasteiger partial charge on any atom is 0.237 e. The topological polar surface area (TPSA) is 72.7 Å². The molecule has 0 aliphatic carbocycles. The first-order valence-electron chi connectivity index (χ1n) is 7.31. The van der Waals surface area contributed by atoms with Crippen molar-refractivity contribution in [3.05, 3.63) is 58.6 Å². The number of tetrazole rings is 1. The van der Waals surface area contributed by atoms with Gasteiger partial charge in [-0.3, -0.25) is 4.79 Å². The fourth-order valence-electron chi connectivity index (χ4n) is 2.02. The SMILES string of the molecule is C[C@H](Sc1nnnn1-c1ccccc1)C(=O)Nc1cc(Cl)ccc1Cl. The van der Waals surface area contributed by atoms with E-state index in [0.29, 0.717) is 20.9 Å². The number of halogens is 2. The van der Waals surface area contributed by atoms with Crippen LogP contribution in [0.25, 0.3) is 5.69 Å². The molecule has 1 aromatic heterocycles. The van der Waals surface area contributed by atoms with Crippen molar-refractivity contribution < 1.29 is 4.79 Å². The summed E-state index contributed by atoms with van der Waals surface area (Å²) in [4.78, 5) is 12.4. The Hall–Kier alpha value is -2.09. The van der Waals surface area contributed by atoms with E-state index in [1.807, 2.05) is 30.3 Å². The zero-order chi connectivity index (χ0) is 17.8. The van der Waals surface area contributed by atoms with E-state index in [0.717, 1.165) is 5.69 Å². The molecule has 0 saturated heterocycles. The number of para-hydroxylation sites is 1. The number of nitrogens with zero attached hydrogens (tertiary/aromatic N) is 4. The summed E-state index contributed by atoms with van der Waals surface area (Å²) >= 11 is 13.3. The van der Waals surface area contributed by atoms with Crippen LogP contribution in [0.4, 0.5) is 5.69 Å². The summed E-state index contributed by atoms with van der Waals surface area (Å²) in [6.07, 6.45) is 0. The predicted molar refractivity (Wildman–Crippen MR) is 99.6 cm³/mol. The summed E-state index contributed by atoms with van der Waals surface area (Å²) < 4.78 is 1.58. The molecule has 0 radical (unpaired) electrons. The molecule has 0 spiro atoms. The van der Waals surface area contributed by atoms with E-state index in [1.54, 1.807) is 29.8 Å². The van der Waals surface area contributed by atoms with Crippen LogP contribution in [0, 0.1) is 0 Å². The number of amides is 1. The van der Waals surface area contributed by atoms with Crippen LogP contribution in [0.3, 0.4) is 0 Å². The molecule has 6 nitrogen and oxygen atoms in total. The molecular formula is C16H13Cl2N5OS. The van der Waals surface area contributed by atoms with Crippen molar-refractivity contribution in [2.45, 2.75) is 17.3 Å². The Morgan fingerprint density at radius 2 is 1.96 bits per heavy atom. The van der Waals surface area contributed by atoms with Gasteiger partial charge in [0, 0.05) is 5.02 Å². The smallest absolute Gasteiger partial charge is 0.237 e. The van der Waals surface area contributed by atoms with Gasteiger partial charge in [-0.15, -0.1) is 5.10 Å². The number of hydrogen-bond acceptors (Lipinski definition) is 5. The minimum Gasteiger partial charge on any atom is -0.324 e. The summed E-state index contributed by atoms with van der Waals surface area (Å²) in [6, 6.07) is 14.4. The molecule has 0 unspecified atom stereocenters. The Labute approximate surface area is 158 Å². The van der Waals surface area contributed by atoms with Gasteiger partial charge in [0.1, 0.15) is 0 Å². The van der Waals surface area contributed by atoms with Crippen LogP contribution in [-0.4, -0.2) is 31.4 Å². The molecule has 3 rings (SSSR count). The van der Waals surface area contributed by atoms with Crippen LogP contribution in [0.15, 0.2) is 53.7 Å². The third-order valence-electron chi connectivity index (χ3n) is 3.28. The lowest BCUT2D eigenvalue weighted by Gasteiger charge is -2.13. The number of aromatic nitrogens is 4. The lowest BCUT2D eigenvalue weighted by atomic mass is 10.3. The molecule has 25 heavy (non-hydrogen) atoms. The van der Waals surface area contributed by atoms with E-state index in [1.165, 1.54) is 11.8 Å². The average molecular weight is 394 g/mol. The van der Waals surface area contributed by atoms with Gasteiger partial charge < -0.3 is 5.32 Å². The van der Waals surface area contributed by atoms with Gasteiger partial charge in [0.05, 0.1) is 21.6 Å². The highest BCUT2D eigenvalue weighted by Crippen LogP contribution is 2.28. The summed E-state index contributed by atoms with van der Waals surface area (Å²) in [6.45, 7) is 1.77. The molecule has 1 amide bonds. The number of thioether (sulfide) groups is 1. The average Bonchev–Trinajstić information content (AvgIpc) is 3.07. The molecular weight excluding hydrogens is 381 g/mol. The van der Waals surface area contributed by atoms with Crippen molar-refractivity contribution in [1.29, 1.82) is 0 Å². The Bertz CT molecular complexity index is 887. The van der Waals surface area contributed by atoms with Gasteiger partial charge in [-0.1, -0.05) is 53.2 Å². The van der Waals surface area contributed by atoms with E-state index in [2.05, 4.69) is 20.8 Å². The van der Waals surface area contributed by atoms with Crippen molar-refractivity contribution in [2.75, 3.05) is 5.32 Å². The van der Waals surface area contributed by atoms with Crippen LogP contribution in [0.1, 0.15) is 6.92 Å². The maximum atomic E-state index is 12.4. The van der Waals surface area contributed by atoms with Gasteiger partial charge >= 0.3 is 0 Å². The summed E-state index contributed by atoms with van der Waals surface area (Å²) in [5.74, 6) is -0.225. The van der Waals surface area contributed by atoms with E-state index < -0.39 is 5.25 Å². The third kappa shape index (κ3) is 4.31. The van der Waals surface area contributed by atoms with Crippen LogP contribution < -0.4 is 5.32 Å². The van der Waals surface area contributed by atoms with Gasteiger partial charge in [-0.25, -0.2) is 0 Å². The van der Waals surface area contributed by atoms with Crippen LogP contribution in [0.2, 0.25) is 10.0 Å². The van der Waals surface area contributed by atoms with Crippen molar-refractivity contribution in [3.8, 4) is 5.69 Å². The molecule has 0 bridgehead atoms. The second kappa shape index (κ2) is 7.86. The number of nitrogens with one attached hydrogen (secondary N) is 1. The molecule has 1 atom stereocenters. The molecule has 1 N–H and O–H groups in total. The number of hydrogen-bond donors (Lipinski definition) is 1. The van der Waals surface area contributed by atoms with Crippen molar-refractivity contribution in [3.63, 3.8) is 0 Å². The van der Waals surface area contributed by atoms with Crippen LogP contribution in [-0.2, 0) is 4.79 Å². The first kappa shape index (κ1) is 17.7. The molecule has 1 heterocycles. The highest BCUT2D eigenvalue weighted by Gasteiger charge is 2.20. The lowest BCUT2D eigenvalue weighted by molar-refractivity contribution is -0.115. The van der Waals surface area contributed by atoms with E-state index in [9.17, 15) is 4.79 Å². The van der Waals surface area contributed by atoms with E-state index in [-0.39, 0.29) is 5.91 Å². The molecule has 0 aliphatic rings. The van der Waals surface area contributed by atoms with Gasteiger partial charge in [0.2, 0.25) is 11.1 Å². The van der Waals surface area contributed by atoms with Crippen molar-refractivity contribution >= 4 is 46.6 Å². The van der Waals surface area contributed by atoms with Gasteiger partial charge in [0.25, 0.3) is 0 Å². The molecule has 9 heteroatoms. The Kier molecular flexibility index (Phi) is 5.57. The van der Waals surface area contributed by atoms with Crippen LogP contribution in [0.5, 0.6) is 0 Å². The predicted octanol–water partition coefficient (Wildman–Crippen LogP) is 4.09. The largest absolute Gasteiger partial charge is 0.324 e. The summed E-state index contributed by atoms with van der Waals surface area (Å²) in [7, 11) is 0. The van der Waals surface area contributed by atoms with Crippen LogP contribution >= 0.6 is 35.0 Å². The summed E-state index contributed by atoms with van der Waals surface area (Å²) in [5, 5.41) is 15.4. The third-order valence-corrected chi connectivity index (χ3v) is 4.88. The molecule has 2 aromatic carbocycles. The lowest BCUT2D eigenvalue weighted by Crippen LogP contribution is -2.23. The van der Waals surface area contributed by atoms with Crippen molar-refractivity contribution in [2.24, 2.45) is 0 Å². The maximum absolute atomic E-state index is 12.4. The number of anilines is 1. The number of carbonyl (C=O) groups excluding carboxylic acids is 1. The number of rotatable bonds is 5. The van der Waals surface area contributed by atoms with Gasteiger partial charge in [0.15, 0.2) is 0 Å². The first-order chi connectivity index (χ1) is 12.0. The second-order valence-corrected chi connectivity index (χ2v) is 7.23. The standard InChI is InChI=1S/C16H13Cl2N5OS/c1-10(15(24)19-14-9-11(17)7-8-13(14)18)25-16-20-21-22-23(16)12-5-3-2-4-6-12/h2-10H,1H3,(H,19,24)/t10-/m0/s1. The molecule has 128 valence electrons. The minimum absolute atomic E-state index is 0.225. The van der Waals surface area contributed by atoms with E-state index in [4.69, 9.17) is 23.2 Å². The fraction of sp³-hybridized carbons (Fsp3) is 0.125. The molecule has 0 saturated carbocycles. The zero-order valence-electron chi connectivity index (χ0n) is 13.1. The monoisotopic (exact) mass is 393 g/mol. The number of benzene rings is 2. The Morgan fingerprint density at radius 3 is 2.72 bits per heavy atom. The molecule has 0 aliphatic heterocycles. The first-order valence-corrected chi connectivity index (χ1v) is 8.94. The number of carbonyl (C=O) groups is 1. The minimum atomic E-state index is -0.441. The quantitative estimate of drug-likeness (QED) is 0.660. The second-order valence-electron chi connectivity index (χ2n) is 5.08. The summed E-state index contributed by atoms with van der Waals surface area (Å²) in [5.41, 5.74) is 1.29. The van der Waals surface area contributed by atoms with Crippen molar-refractivity contribution in [1.82, 2.24) is 20.2 Å². The molecule has 0 fully saturated rings. The van der Waals surface area contributed by atoms with E-state index >= 15 is 0 Å². The molecule has 3 aromatic rings.